The van der Waals surface area contributed by atoms with Crippen LogP contribution in [-0.4, -0.2) is 15.4 Å². The Kier molecular flexibility index (Phi) is 4.14. The normalized spacial score (nSPS) is 21.4. The lowest BCUT2D eigenvalue weighted by Crippen LogP contribution is -2.39. The highest BCUT2D eigenvalue weighted by Gasteiger charge is 2.42. The van der Waals surface area contributed by atoms with Gasteiger partial charge in [0.05, 0.1) is 11.4 Å². The fourth-order valence-corrected chi connectivity index (χ4v) is 3.75. The fraction of sp³-hybridized carbons (Fsp3) is 0.261. The van der Waals surface area contributed by atoms with Crippen molar-refractivity contribution in [2.45, 2.75) is 38.7 Å². The molecular formula is C23H23FN2O. The van der Waals surface area contributed by atoms with Crippen LogP contribution in [0.1, 0.15) is 43.0 Å². The third-order valence-corrected chi connectivity index (χ3v) is 5.50. The average molecular weight is 362 g/mol. The van der Waals surface area contributed by atoms with E-state index in [4.69, 9.17) is 9.84 Å². The number of ether oxygens (including phenoxy) is 1. The molecule has 2 heterocycles. The highest BCUT2D eigenvalue weighted by Crippen LogP contribution is 2.48. The Bertz CT molecular complexity index is 991. The van der Waals surface area contributed by atoms with Crippen LogP contribution in [0.2, 0.25) is 0 Å². The lowest BCUT2D eigenvalue weighted by atomic mass is 9.77. The van der Waals surface area contributed by atoms with Crippen LogP contribution in [0.3, 0.4) is 0 Å². The zero-order chi connectivity index (χ0) is 19.2. The molecule has 3 aromatic rings. The second-order valence-corrected chi connectivity index (χ2v) is 7.47. The highest BCUT2D eigenvalue weighted by molar-refractivity contribution is 5.49. The van der Waals surface area contributed by atoms with Crippen LogP contribution in [0.15, 0.2) is 66.7 Å². The van der Waals surface area contributed by atoms with Crippen molar-refractivity contribution in [2.24, 2.45) is 0 Å². The van der Waals surface area contributed by atoms with Gasteiger partial charge in [-0.15, -0.1) is 0 Å². The Labute approximate surface area is 159 Å². The summed E-state index contributed by atoms with van der Waals surface area (Å²) in [5.41, 5.74) is 4.43. The zero-order valence-electron chi connectivity index (χ0n) is 15.9. The minimum absolute atomic E-state index is 0.0634. The van der Waals surface area contributed by atoms with Crippen LogP contribution >= 0.6 is 0 Å². The van der Waals surface area contributed by atoms with Crippen molar-refractivity contribution >= 4 is 0 Å². The van der Waals surface area contributed by atoms with Gasteiger partial charge in [-0.1, -0.05) is 36.9 Å². The predicted octanol–water partition coefficient (Wildman–Crippen LogP) is 5.57. The van der Waals surface area contributed by atoms with Crippen LogP contribution in [0, 0.1) is 12.7 Å². The van der Waals surface area contributed by atoms with Crippen LogP contribution < -0.4 is 4.74 Å². The first kappa shape index (κ1) is 17.5. The number of rotatable bonds is 3. The van der Waals surface area contributed by atoms with Gasteiger partial charge >= 0.3 is 0 Å². The van der Waals surface area contributed by atoms with Crippen LogP contribution in [0.5, 0.6) is 5.88 Å². The lowest BCUT2D eigenvalue weighted by molar-refractivity contribution is 0.0856. The maximum Gasteiger partial charge on any atom is 0.221 e. The van der Waals surface area contributed by atoms with Gasteiger partial charge in [-0.2, -0.15) is 5.10 Å². The second kappa shape index (κ2) is 6.38. The molecule has 0 saturated carbocycles. The zero-order valence-corrected chi connectivity index (χ0v) is 15.9. The van der Waals surface area contributed by atoms with Crippen molar-refractivity contribution in [1.82, 2.24) is 9.78 Å². The number of para-hydroxylation sites is 1. The van der Waals surface area contributed by atoms with E-state index in [9.17, 15) is 4.39 Å². The van der Waals surface area contributed by atoms with Gasteiger partial charge in [-0.3, -0.25) is 0 Å². The van der Waals surface area contributed by atoms with Gasteiger partial charge in [0, 0.05) is 17.9 Å². The number of aromatic nitrogens is 2. The number of benzene rings is 2. The maximum atomic E-state index is 13.5. The molecule has 0 unspecified atom stereocenters. The molecule has 0 N–H and O–H groups in total. The van der Waals surface area contributed by atoms with E-state index < -0.39 is 5.60 Å². The van der Waals surface area contributed by atoms with E-state index in [1.54, 1.807) is 0 Å². The molecule has 27 heavy (non-hydrogen) atoms. The molecule has 1 aliphatic heterocycles. The number of fused-ring (bicyclic) bond motifs is 1. The van der Waals surface area contributed by atoms with Crippen molar-refractivity contribution in [3.63, 3.8) is 0 Å². The SMILES string of the molecule is C=C(C)[C@@]1(C)C[C@H](c2ccc(F)cc2)c2c(C)nn(-c3ccccc3)c2O1. The topological polar surface area (TPSA) is 27.1 Å². The largest absolute Gasteiger partial charge is 0.466 e. The van der Waals surface area contributed by atoms with Gasteiger partial charge in [-0.05, 0) is 56.2 Å². The van der Waals surface area contributed by atoms with Crippen LogP contribution in [-0.2, 0) is 0 Å². The molecule has 4 heteroatoms. The smallest absolute Gasteiger partial charge is 0.221 e. The number of aryl methyl sites for hydroxylation is 1. The summed E-state index contributed by atoms with van der Waals surface area (Å²) in [4.78, 5) is 0. The summed E-state index contributed by atoms with van der Waals surface area (Å²) in [7, 11) is 0. The molecule has 4 rings (SSSR count). The van der Waals surface area contributed by atoms with Crippen molar-refractivity contribution in [3.05, 3.63) is 89.4 Å². The second-order valence-electron chi connectivity index (χ2n) is 7.47. The summed E-state index contributed by atoms with van der Waals surface area (Å²) >= 11 is 0. The number of halogens is 1. The van der Waals surface area contributed by atoms with Gasteiger partial charge < -0.3 is 4.74 Å². The molecule has 2 atom stereocenters. The Hall–Kier alpha value is -2.88. The highest BCUT2D eigenvalue weighted by atomic mass is 19.1. The standard InChI is InChI=1S/C23H23FN2O/c1-15(2)23(4)14-20(17-10-12-18(24)13-11-17)21-16(3)25-26(22(21)27-23)19-8-6-5-7-9-19/h5-13,20H,1,14H2,2-4H3/t20-,23-/m1/s1. The minimum Gasteiger partial charge on any atom is -0.466 e. The van der Waals surface area contributed by atoms with Gasteiger partial charge in [0.25, 0.3) is 0 Å². The molecule has 1 aliphatic rings. The van der Waals surface area contributed by atoms with Crippen LogP contribution in [0.4, 0.5) is 4.39 Å². The molecule has 0 bridgehead atoms. The van der Waals surface area contributed by atoms with Crippen molar-refractivity contribution < 1.29 is 9.13 Å². The van der Waals surface area contributed by atoms with Gasteiger partial charge in [-0.25, -0.2) is 9.07 Å². The first-order valence-electron chi connectivity index (χ1n) is 9.14. The third-order valence-electron chi connectivity index (χ3n) is 5.50. The third kappa shape index (κ3) is 2.95. The van der Waals surface area contributed by atoms with E-state index in [1.807, 2.05) is 61.0 Å². The van der Waals surface area contributed by atoms with Crippen LogP contribution in [0.25, 0.3) is 5.69 Å². The molecule has 0 aliphatic carbocycles. The predicted molar refractivity (Wildman–Crippen MR) is 105 cm³/mol. The van der Waals surface area contributed by atoms with Gasteiger partial charge in [0.15, 0.2) is 0 Å². The molecule has 0 spiro atoms. The van der Waals surface area contributed by atoms with Crippen molar-refractivity contribution in [2.75, 3.05) is 0 Å². The minimum atomic E-state index is -0.523. The maximum absolute atomic E-state index is 13.5. The molecule has 2 aromatic carbocycles. The number of hydrogen-bond donors (Lipinski definition) is 0. The molecule has 1 aromatic heterocycles. The molecule has 0 amide bonds. The Morgan fingerprint density at radius 2 is 1.85 bits per heavy atom. The summed E-state index contributed by atoms with van der Waals surface area (Å²) in [6.07, 6.45) is 0.738. The summed E-state index contributed by atoms with van der Waals surface area (Å²) in [6.45, 7) is 10.2. The van der Waals surface area contributed by atoms with Crippen molar-refractivity contribution in [1.29, 1.82) is 0 Å². The quantitative estimate of drug-likeness (QED) is 0.570. The summed E-state index contributed by atoms with van der Waals surface area (Å²) in [5.74, 6) is 0.573. The molecule has 138 valence electrons. The van der Waals surface area contributed by atoms with E-state index >= 15 is 0 Å². The Morgan fingerprint density at radius 1 is 1.19 bits per heavy atom. The van der Waals surface area contributed by atoms with Crippen molar-refractivity contribution in [3.8, 4) is 11.6 Å². The first-order chi connectivity index (χ1) is 12.9. The summed E-state index contributed by atoms with van der Waals surface area (Å²) in [6, 6.07) is 16.7. The van der Waals surface area contributed by atoms with E-state index in [-0.39, 0.29) is 11.7 Å². The fourth-order valence-electron chi connectivity index (χ4n) is 3.75. The first-order valence-corrected chi connectivity index (χ1v) is 9.14. The molecule has 0 saturated heterocycles. The molecule has 0 radical (unpaired) electrons. The number of hydrogen-bond acceptors (Lipinski definition) is 2. The summed E-state index contributed by atoms with van der Waals surface area (Å²) in [5, 5.41) is 4.77. The summed E-state index contributed by atoms with van der Waals surface area (Å²) < 4.78 is 21.8. The Balaban J connectivity index is 1.92. The lowest BCUT2D eigenvalue weighted by Gasteiger charge is -2.39. The van der Waals surface area contributed by atoms with Gasteiger partial charge in [0.1, 0.15) is 11.4 Å². The van der Waals surface area contributed by atoms with Gasteiger partial charge in [0.2, 0.25) is 5.88 Å². The number of nitrogens with zero attached hydrogens (tertiary/aromatic N) is 2. The molecular weight excluding hydrogens is 339 g/mol. The van der Waals surface area contributed by atoms with E-state index in [0.717, 1.165) is 40.4 Å². The van der Waals surface area contributed by atoms with E-state index in [0.29, 0.717) is 0 Å². The van der Waals surface area contributed by atoms with E-state index in [2.05, 4.69) is 13.5 Å². The molecule has 3 nitrogen and oxygen atoms in total. The monoisotopic (exact) mass is 362 g/mol. The average Bonchev–Trinajstić information content (AvgIpc) is 2.98. The molecule has 0 fully saturated rings. The van der Waals surface area contributed by atoms with E-state index in [1.165, 1.54) is 12.1 Å². The Morgan fingerprint density at radius 3 is 2.48 bits per heavy atom.